The monoisotopic (exact) mass is 315 g/mol. The molecule has 2 rings (SSSR count). The van der Waals surface area contributed by atoms with E-state index in [9.17, 15) is 4.79 Å². The van der Waals surface area contributed by atoms with Crippen LogP contribution in [0.3, 0.4) is 0 Å². The Hall–Kier alpha value is -2.71. The predicted octanol–water partition coefficient (Wildman–Crippen LogP) is 3.27. The van der Waals surface area contributed by atoms with Crippen molar-refractivity contribution in [2.75, 3.05) is 24.3 Å². The minimum absolute atomic E-state index is 0.0440. The average Bonchev–Trinajstić information content (AvgIpc) is 2.53. The molecule has 22 heavy (non-hydrogen) atoms. The zero-order valence-corrected chi connectivity index (χ0v) is 12.6. The van der Waals surface area contributed by atoms with Crippen molar-refractivity contribution in [3.63, 3.8) is 0 Å². The summed E-state index contributed by atoms with van der Waals surface area (Å²) in [5, 5.41) is 15.0. The second-order valence-electron chi connectivity index (χ2n) is 4.41. The maximum atomic E-state index is 11.9. The minimum atomic E-state index is -0.242. The number of nitrogens with one attached hydrogen (secondary N) is 2. The lowest BCUT2D eigenvalue weighted by Crippen LogP contribution is -2.22. The summed E-state index contributed by atoms with van der Waals surface area (Å²) in [7, 11) is 1.52. The van der Waals surface area contributed by atoms with Crippen LogP contribution in [0.15, 0.2) is 42.5 Å². The summed E-state index contributed by atoms with van der Waals surface area (Å²) in [5.74, 6) is 0.301. The van der Waals surface area contributed by atoms with Gasteiger partial charge in [-0.05, 0) is 30.3 Å². The van der Waals surface area contributed by atoms with Gasteiger partial charge in [-0.25, -0.2) is 0 Å². The van der Waals surface area contributed by atoms with Crippen molar-refractivity contribution in [1.29, 1.82) is 5.26 Å². The van der Waals surface area contributed by atoms with E-state index in [0.29, 0.717) is 27.7 Å². The van der Waals surface area contributed by atoms with Gasteiger partial charge in [0.1, 0.15) is 11.8 Å². The summed E-state index contributed by atoms with van der Waals surface area (Å²) < 4.78 is 5.05. The fraction of sp³-hybridized carbons (Fsp3) is 0.125. The molecule has 0 aliphatic carbocycles. The molecule has 2 N–H and O–H groups in total. The molecule has 0 aromatic heterocycles. The van der Waals surface area contributed by atoms with Crippen LogP contribution in [-0.2, 0) is 4.79 Å². The number of nitriles is 1. The van der Waals surface area contributed by atoms with Gasteiger partial charge in [0.05, 0.1) is 29.9 Å². The van der Waals surface area contributed by atoms with Crippen molar-refractivity contribution in [1.82, 2.24) is 0 Å². The van der Waals surface area contributed by atoms with E-state index in [1.165, 1.54) is 7.11 Å². The number of hydrogen-bond donors (Lipinski definition) is 2. The van der Waals surface area contributed by atoms with Crippen molar-refractivity contribution in [3.05, 3.63) is 53.1 Å². The minimum Gasteiger partial charge on any atom is -0.495 e. The van der Waals surface area contributed by atoms with Gasteiger partial charge in [-0.15, -0.1) is 0 Å². The van der Waals surface area contributed by atoms with E-state index < -0.39 is 0 Å². The molecule has 0 aliphatic rings. The summed E-state index contributed by atoms with van der Waals surface area (Å²) >= 11 is 6.00. The van der Waals surface area contributed by atoms with Crippen molar-refractivity contribution in [2.24, 2.45) is 0 Å². The number of nitrogens with zero attached hydrogens (tertiary/aromatic N) is 1. The Morgan fingerprint density at radius 3 is 2.77 bits per heavy atom. The smallest absolute Gasteiger partial charge is 0.243 e. The molecule has 0 saturated heterocycles. The summed E-state index contributed by atoms with van der Waals surface area (Å²) in [4.78, 5) is 11.9. The van der Waals surface area contributed by atoms with Crippen LogP contribution in [0.25, 0.3) is 0 Å². The zero-order chi connectivity index (χ0) is 15.9. The van der Waals surface area contributed by atoms with Gasteiger partial charge in [0.15, 0.2) is 0 Å². The van der Waals surface area contributed by atoms with Crippen LogP contribution in [0.1, 0.15) is 5.56 Å². The first-order valence-corrected chi connectivity index (χ1v) is 6.88. The number of para-hydroxylation sites is 1. The first kappa shape index (κ1) is 15.7. The molecular formula is C16H14ClN3O2. The van der Waals surface area contributed by atoms with E-state index in [1.807, 2.05) is 0 Å². The van der Waals surface area contributed by atoms with Gasteiger partial charge < -0.3 is 15.4 Å². The molecule has 0 atom stereocenters. The highest BCUT2D eigenvalue weighted by molar-refractivity contribution is 6.32. The van der Waals surface area contributed by atoms with E-state index in [4.69, 9.17) is 21.6 Å². The van der Waals surface area contributed by atoms with Gasteiger partial charge >= 0.3 is 0 Å². The highest BCUT2D eigenvalue weighted by Crippen LogP contribution is 2.27. The maximum Gasteiger partial charge on any atom is 0.243 e. The summed E-state index contributed by atoms with van der Waals surface area (Å²) in [5.41, 5.74) is 1.68. The third-order valence-electron chi connectivity index (χ3n) is 2.92. The van der Waals surface area contributed by atoms with Gasteiger partial charge in [0.25, 0.3) is 0 Å². The fourth-order valence-electron chi connectivity index (χ4n) is 1.86. The van der Waals surface area contributed by atoms with Crippen LogP contribution in [0.4, 0.5) is 11.4 Å². The fourth-order valence-corrected chi connectivity index (χ4v) is 2.12. The lowest BCUT2D eigenvalue weighted by molar-refractivity contribution is -0.114. The van der Waals surface area contributed by atoms with Gasteiger partial charge in [-0.1, -0.05) is 23.7 Å². The van der Waals surface area contributed by atoms with Gasteiger partial charge in [0.2, 0.25) is 5.91 Å². The maximum absolute atomic E-state index is 11.9. The first-order valence-electron chi connectivity index (χ1n) is 6.50. The highest BCUT2D eigenvalue weighted by Gasteiger charge is 2.07. The Kier molecular flexibility index (Phi) is 5.23. The molecule has 0 fully saturated rings. The molecule has 6 heteroatoms. The number of anilines is 2. The van der Waals surface area contributed by atoms with E-state index in [0.717, 1.165) is 0 Å². The van der Waals surface area contributed by atoms with Gasteiger partial charge in [-0.3, -0.25) is 4.79 Å². The standard InChI is InChI=1S/C16H14ClN3O2/c1-22-15-7-6-12(8-13(15)17)20-16(21)10-19-14-5-3-2-4-11(14)9-18/h2-8,19H,10H2,1H3,(H,20,21). The summed E-state index contributed by atoms with van der Waals surface area (Å²) in [6, 6.07) is 14.0. The number of halogens is 1. The molecule has 2 aromatic rings. The molecule has 0 saturated carbocycles. The molecule has 5 nitrogen and oxygen atoms in total. The molecule has 0 heterocycles. The summed E-state index contributed by atoms with van der Waals surface area (Å²) in [6.07, 6.45) is 0. The molecular weight excluding hydrogens is 302 g/mol. The Labute approximate surface area is 133 Å². The number of benzene rings is 2. The quantitative estimate of drug-likeness (QED) is 0.888. The molecule has 0 radical (unpaired) electrons. The topological polar surface area (TPSA) is 74.2 Å². The number of carbonyl (C=O) groups is 1. The Morgan fingerprint density at radius 1 is 1.32 bits per heavy atom. The van der Waals surface area contributed by atoms with Crippen LogP contribution < -0.4 is 15.4 Å². The molecule has 0 bridgehead atoms. The van der Waals surface area contributed by atoms with Crippen molar-refractivity contribution < 1.29 is 9.53 Å². The second-order valence-corrected chi connectivity index (χ2v) is 4.82. The van der Waals surface area contributed by atoms with Gasteiger partial charge in [-0.2, -0.15) is 5.26 Å². The van der Waals surface area contributed by atoms with E-state index in [1.54, 1.807) is 42.5 Å². The third kappa shape index (κ3) is 3.90. The number of hydrogen-bond acceptors (Lipinski definition) is 4. The summed E-state index contributed by atoms with van der Waals surface area (Å²) in [6.45, 7) is 0.0440. The Bertz CT molecular complexity index is 726. The SMILES string of the molecule is COc1ccc(NC(=O)CNc2ccccc2C#N)cc1Cl. The molecule has 112 valence electrons. The molecule has 0 spiro atoms. The second kappa shape index (κ2) is 7.34. The van der Waals surface area contributed by atoms with Crippen molar-refractivity contribution in [2.45, 2.75) is 0 Å². The molecule has 0 unspecified atom stereocenters. The first-order chi connectivity index (χ1) is 10.6. The third-order valence-corrected chi connectivity index (χ3v) is 3.22. The van der Waals surface area contributed by atoms with E-state index in [-0.39, 0.29) is 12.5 Å². The Morgan fingerprint density at radius 2 is 2.09 bits per heavy atom. The van der Waals surface area contributed by atoms with Crippen LogP contribution >= 0.6 is 11.6 Å². The van der Waals surface area contributed by atoms with E-state index in [2.05, 4.69) is 16.7 Å². The van der Waals surface area contributed by atoms with E-state index >= 15 is 0 Å². The zero-order valence-electron chi connectivity index (χ0n) is 11.9. The van der Waals surface area contributed by atoms with Crippen molar-refractivity contribution in [3.8, 4) is 11.8 Å². The number of ether oxygens (including phenoxy) is 1. The average molecular weight is 316 g/mol. The number of methoxy groups -OCH3 is 1. The molecule has 1 amide bonds. The largest absolute Gasteiger partial charge is 0.495 e. The van der Waals surface area contributed by atoms with Crippen LogP contribution in [0.2, 0.25) is 5.02 Å². The number of rotatable bonds is 5. The van der Waals surface area contributed by atoms with Crippen LogP contribution in [-0.4, -0.2) is 19.6 Å². The predicted molar refractivity (Wildman–Crippen MR) is 86.3 cm³/mol. The van der Waals surface area contributed by atoms with Gasteiger partial charge in [0, 0.05) is 5.69 Å². The normalized spacial score (nSPS) is 9.68. The Balaban J connectivity index is 1.96. The number of carbonyl (C=O) groups excluding carboxylic acids is 1. The molecule has 2 aromatic carbocycles. The highest BCUT2D eigenvalue weighted by atomic mass is 35.5. The van der Waals surface area contributed by atoms with Crippen LogP contribution in [0.5, 0.6) is 5.75 Å². The lowest BCUT2D eigenvalue weighted by atomic mass is 10.2. The molecule has 0 aliphatic heterocycles. The van der Waals surface area contributed by atoms with Crippen molar-refractivity contribution >= 4 is 28.9 Å². The lowest BCUT2D eigenvalue weighted by Gasteiger charge is -2.10. The van der Waals surface area contributed by atoms with Crippen LogP contribution in [0, 0.1) is 11.3 Å². The number of amides is 1.